The Morgan fingerprint density at radius 2 is 0.667 bits per heavy atom. The van der Waals surface area contributed by atoms with Crippen LogP contribution in [0.15, 0.2) is 72.8 Å². The van der Waals surface area contributed by atoms with Crippen LogP contribution in [0.5, 0.6) is 5.75 Å². The summed E-state index contributed by atoms with van der Waals surface area (Å²) in [5.74, 6) is 0.898. The minimum Gasteiger partial charge on any atom is -0.491 e. The Morgan fingerprint density at radius 1 is 0.392 bits per heavy atom. The Hall–Kier alpha value is -3.42. The second-order valence-corrected chi connectivity index (χ2v) is 14.7. The van der Waals surface area contributed by atoms with Gasteiger partial charge in [0.25, 0.3) is 0 Å². The maximum Gasteiger partial charge on any atom is 0.119 e. The van der Waals surface area contributed by atoms with Crippen molar-refractivity contribution in [3.63, 3.8) is 0 Å². The number of ether oxygens (including phenoxy) is 8. The zero-order valence-electron chi connectivity index (χ0n) is 29.2. The largest absolute Gasteiger partial charge is 0.491 e. The highest BCUT2D eigenvalue weighted by atomic mass is 16.6. The van der Waals surface area contributed by atoms with Gasteiger partial charge < -0.3 is 52.6 Å². The van der Waals surface area contributed by atoms with E-state index >= 15 is 0 Å². The van der Waals surface area contributed by atoms with Crippen LogP contribution in [0, 0.1) is 0 Å². The third-order valence-corrected chi connectivity index (χ3v) is 10.0. The summed E-state index contributed by atoms with van der Waals surface area (Å²) in [7, 11) is 0. The molecule has 0 N–H and O–H groups in total. The van der Waals surface area contributed by atoms with Crippen LogP contribution in [0.4, 0.5) is 17.1 Å². The molecule has 0 aromatic heterocycles. The van der Waals surface area contributed by atoms with E-state index in [9.17, 15) is 0 Å². The summed E-state index contributed by atoms with van der Waals surface area (Å²) in [5, 5.41) is 0. The molecule has 51 heavy (non-hydrogen) atoms. The Labute approximate surface area is 300 Å². The molecule has 3 aromatic carbocycles. The van der Waals surface area contributed by atoms with E-state index in [2.05, 4.69) is 75.4 Å². The number of hydrogen-bond donors (Lipinski definition) is 0. The van der Waals surface area contributed by atoms with Crippen molar-refractivity contribution in [2.45, 2.75) is 49.1 Å². The molecular formula is C40H49N3O8. The van der Waals surface area contributed by atoms with E-state index in [-0.39, 0.29) is 0 Å². The van der Waals surface area contributed by atoms with Gasteiger partial charge in [0, 0.05) is 56.3 Å². The lowest BCUT2D eigenvalue weighted by molar-refractivity contribution is 0.263. The maximum absolute atomic E-state index is 5.66. The van der Waals surface area contributed by atoms with E-state index in [4.69, 9.17) is 37.9 Å². The molecule has 7 heterocycles. The highest BCUT2D eigenvalue weighted by molar-refractivity contribution is 5.52. The third-order valence-electron chi connectivity index (χ3n) is 10.0. The first-order valence-corrected chi connectivity index (χ1v) is 18.6. The summed E-state index contributed by atoms with van der Waals surface area (Å²) in [6.07, 6.45) is 3.54. The molecule has 7 unspecified atom stereocenters. The van der Waals surface area contributed by atoms with E-state index in [1.165, 1.54) is 28.2 Å². The van der Waals surface area contributed by atoms with Crippen LogP contribution in [0.2, 0.25) is 0 Å². The maximum atomic E-state index is 5.66. The normalized spacial score (nSPS) is 28.5. The lowest BCUT2D eigenvalue weighted by Gasteiger charge is -2.24. The minimum atomic E-state index is 0.296. The molecule has 7 saturated heterocycles. The Bertz CT molecular complexity index is 1430. The topological polar surface area (TPSA) is 107 Å². The molecule has 7 fully saturated rings. The molecule has 7 aliphatic heterocycles. The monoisotopic (exact) mass is 699 g/mol. The second-order valence-electron chi connectivity index (χ2n) is 14.7. The molecule has 0 saturated carbocycles. The van der Waals surface area contributed by atoms with Crippen LogP contribution >= 0.6 is 0 Å². The molecule has 7 aliphatic rings. The van der Waals surface area contributed by atoms with Gasteiger partial charge in [0.15, 0.2) is 0 Å². The first-order chi connectivity index (χ1) is 25.1. The van der Waals surface area contributed by atoms with E-state index in [1.807, 2.05) is 12.1 Å². The zero-order valence-corrected chi connectivity index (χ0v) is 29.2. The predicted molar refractivity (Wildman–Crippen MR) is 192 cm³/mol. The number of rotatable bonds is 20. The van der Waals surface area contributed by atoms with E-state index < -0.39 is 0 Å². The summed E-state index contributed by atoms with van der Waals surface area (Å²) in [4.78, 5) is 7.13. The molecule has 11 heteroatoms. The third kappa shape index (κ3) is 10.8. The fourth-order valence-electron chi connectivity index (χ4n) is 6.36. The first-order valence-electron chi connectivity index (χ1n) is 18.6. The lowest BCUT2D eigenvalue weighted by Crippen LogP contribution is -2.31. The number of nitrogens with zero attached hydrogens (tertiary/aromatic N) is 3. The molecule has 0 amide bonds. The molecule has 11 nitrogen and oxygen atoms in total. The standard InChI is InChI=1S/C25H30N2O4.C15H19NO4/c1-5-20(26(10-22-14-28-22)11-23-15-29-23)6-2-18(1)9-19-3-7-21(8-4-19)27(12-24-16-30-24)13-25-17-31-25;1-3-12(17-9-15-10-20-15)4-2-11(1)16(5-13-7-18-13)6-14-8-19-14/h1-8,22-25H,9-17H2;1-4,13-15H,5-10H2. The lowest BCUT2D eigenvalue weighted by atomic mass is 10.0. The highest BCUT2D eigenvalue weighted by Crippen LogP contribution is 2.27. The van der Waals surface area contributed by atoms with Crippen molar-refractivity contribution >= 4 is 17.1 Å². The van der Waals surface area contributed by atoms with Crippen molar-refractivity contribution in [1.82, 2.24) is 0 Å². The van der Waals surface area contributed by atoms with E-state index in [1.54, 1.807) is 0 Å². The number of benzene rings is 3. The predicted octanol–water partition coefficient (Wildman–Crippen LogP) is 3.55. The van der Waals surface area contributed by atoms with Crippen LogP contribution in [0.25, 0.3) is 0 Å². The molecule has 7 atom stereocenters. The van der Waals surface area contributed by atoms with Crippen molar-refractivity contribution in [2.24, 2.45) is 0 Å². The van der Waals surface area contributed by atoms with Gasteiger partial charge in [0.1, 0.15) is 18.5 Å². The minimum absolute atomic E-state index is 0.296. The van der Waals surface area contributed by atoms with E-state index in [0.29, 0.717) is 49.3 Å². The Morgan fingerprint density at radius 3 is 0.941 bits per heavy atom. The molecule has 0 bridgehead atoms. The van der Waals surface area contributed by atoms with Crippen molar-refractivity contribution in [1.29, 1.82) is 0 Å². The Balaban J connectivity index is 0.000000150. The van der Waals surface area contributed by atoms with Crippen molar-refractivity contribution in [2.75, 3.05) is 107 Å². The summed E-state index contributed by atoms with van der Waals surface area (Å²) >= 11 is 0. The van der Waals surface area contributed by atoms with Crippen LogP contribution in [-0.4, -0.2) is 135 Å². The first kappa shape index (κ1) is 33.4. The van der Waals surface area contributed by atoms with Gasteiger partial charge >= 0.3 is 0 Å². The average Bonchev–Trinajstić information content (AvgIpc) is 3.95. The van der Waals surface area contributed by atoms with Crippen LogP contribution < -0.4 is 19.4 Å². The molecule has 10 rings (SSSR count). The molecule has 272 valence electrons. The summed E-state index contributed by atoms with van der Waals surface area (Å²) in [6, 6.07) is 26.2. The number of anilines is 3. The SMILES string of the molecule is c1cc(N(CC2CO2)CC2CO2)ccc1Cc1ccc(N(CC2CO2)CC2CO2)cc1.c1cc(N(CC2CO2)CC2CO2)ccc1OCC1CO1. The molecule has 0 aliphatic carbocycles. The van der Waals surface area contributed by atoms with Gasteiger partial charge in [0.05, 0.1) is 82.9 Å². The molecule has 0 spiro atoms. The van der Waals surface area contributed by atoms with Gasteiger partial charge in [-0.1, -0.05) is 24.3 Å². The van der Waals surface area contributed by atoms with Gasteiger partial charge in [-0.2, -0.15) is 0 Å². The van der Waals surface area contributed by atoms with E-state index in [0.717, 1.165) is 97.7 Å². The average molecular weight is 700 g/mol. The molecular weight excluding hydrogens is 650 g/mol. The van der Waals surface area contributed by atoms with Gasteiger partial charge in [-0.3, -0.25) is 0 Å². The van der Waals surface area contributed by atoms with Crippen molar-refractivity contribution in [3.8, 4) is 5.75 Å². The molecule has 3 aromatic rings. The van der Waals surface area contributed by atoms with Crippen molar-refractivity contribution in [3.05, 3.63) is 83.9 Å². The summed E-state index contributed by atoms with van der Waals surface area (Å²) in [6.45, 7) is 12.5. The van der Waals surface area contributed by atoms with Crippen LogP contribution in [0.3, 0.4) is 0 Å². The highest BCUT2D eigenvalue weighted by Gasteiger charge is 2.33. The van der Waals surface area contributed by atoms with Gasteiger partial charge in [-0.25, -0.2) is 0 Å². The summed E-state index contributed by atoms with van der Waals surface area (Å²) in [5.41, 5.74) is 6.37. The fourth-order valence-corrected chi connectivity index (χ4v) is 6.36. The Kier molecular flexibility index (Phi) is 10.0. The van der Waals surface area contributed by atoms with Gasteiger partial charge in [-0.15, -0.1) is 0 Å². The number of epoxide rings is 7. The van der Waals surface area contributed by atoms with Crippen LogP contribution in [-0.2, 0) is 39.6 Å². The van der Waals surface area contributed by atoms with Gasteiger partial charge in [-0.05, 0) is 66.1 Å². The molecule has 0 radical (unpaired) electrons. The zero-order chi connectivity index (χ0) is 34.0. The van der Waals surface area contributed by atoms with Crippen molar-refractivity contribution < 1.29 is 37.9 Å². The van der Waals surface area contributed by atoms with Crippen LogP contribution in [0.1, 0.15) is 11.1 Å². The smallest absolute Gasteiger partial charge is 0.119 e. The summed E-state index contributed by atoms with van der Waals surface area (Å²) < 4.78 is 43.2. The number of hydrogen-bond acceptors (Lipinski definition) is 11. The second kappa shape index (κ2) is 15.3. The fraction of sp³-hybridized carbons (Fsp3) is 0.550. The quantitative estimate of drug-likeness (QED) is 0.162. The van der Waals surface area contributed by atoms with Gasteiger partial charge in [0.2, 0.25) is 0 Å².